The number of nitro groups is 1. The first kappa shape index (κ1) is 18.9. The third kappa shape index (κ3) is 3.78. The molecule has 27 heavy (non-hydrogen) atoms. The highest BCUT2D eigenvalue weighted by molar-refractivity contribution is 7.19. The molecule has 0 spiro atoms. The highest BCUT2D eigenvalue weighted by Crippen LogP contribution is 2.27. The van der Waals surface area contributed by atoms with Gasteiger partial charge in [0.2, 0.25) is 0 Å². The molecule has 0 amide bonds. The molecular weight excluding hydrogens is 365 g/mol. The first-order valence-corrected chi connectivity index (χ1v) is 8.88. The molecule has 0 fully saturated rings. The van der Waals surface area contributed by atoms with Gasteiger partial charge in [-0.1, -0.05) is 18.2 Å². The minimum absolute atomic E-state index is 0.0637. The molecule has 0 saturated carbocycles. The third-order valence-electron chi connectivity index (χ3n) is 4.50. The monoisotopic (exact) mass is 385 g/mol. The number of aryl methyl sites for hydroxylation is 1. The molecule has 0 aliphatic rings. The highest BCUT2D eigenvalue weighted by atomic mass is 31.0. The van der Waals surface area contributed by atoms with Crippen LogP contribution in [0.25, 0.3) is 10.9 Å². The Morgan fingerprint density at radius 1 is 1.26 bits per heavy atom. The maximum absolute atomic E-state index is 12.1. The van der Waals surface area contributed by atoms with Crippen molar-refractivity contribution in [2.75, 3.05) is 18.3 Å². The van der Waals surface area contributed by atoms with Crippen molar-refractivity contribution in [3.8, 4) is 0 Å². The molecule has 0 aliphatic heterocycles. The van der Waals surface area contributed by atoms with Gasteiger partial charge in [0.05, 0.1) is 17.5 Å². The van der Waals surface area contributed by atoms with Crippen LogP contribution in [0.4, 0.5) is 16.2 Å². The van der Waals surface area contributed by atoms with Crippen molar-refractivity contribution in [3.05, 3.63) is 69.9 Å². The predicted octanol–water partition coefficient (Wildman–Crippen LogP) is 4.31. The molecule has 3 rings (SSSR count). The Morgan fingerprint density at radius 3 is 2.59 bits per heavy atom. The maximum atomic E-state index is 12.1. The summed E-state index contributed by atoms with van der Waals surface area (Å²) >= 11 is 0. The molecule has 1 atom stereocenters. The van der Waals surface area contributed by atoms with E-state index >= 15 is 0 Å². The number of methoxy groups -OCH3 is 1. The zero-order chi connectivity index (χ0) is 19.6. The standard InChI is InChI=1S/C19H20N3O4P/c1-13-4-3-5-17-14(12-20(18(13)17)19(23)26-2)10-11-21(27)15-6-8-16(9-7-15)22(24)25/h3-9,12H,10-11,27H2,1-2H3. The highest BCUT2D eigenvalue weighted by Gasteiger charge is 2.16. The van der Waals surface area contributed by atoms with Crippen molar-refractivity contribution in [1.82, 2.24) is 4.57 Å². The van der Waals surface area contributed by atoms with Gasteiger partial charge >= 0.3 is 6.09 Å². The van der Waals surface area contributed by atoms with Crippen molar-refractivity contribution in [3.63, 3.8) is 0 Å². The van der Waals surface area contributed by atoms with Crippen LogP contribution in [0.15, 0.2) is 48.7 Å². The number of aromatic nitrogens is 1. The van der Waals surface area contributed by atoms with E-state index < -0.39 is 11.0 Å². The van der Waals surface area contributed by atoms with Gasteiger partial charge in [0.15, 0.2) is 0 Å². The van der Waals surface area contributed by atoms with E-state index in [-0.39, 0.29) is 5.69 Å². The van der Waals surface area contributed by atoms with Crippen LogP contribution in [0.1, 0.15) is 11.1 Å². The number of non-ortho nitro benzene ring substituents is 1. The Morgan fingerprint density at radius 2 is 1.96 bits per heavy atom. The molecular formula is C19H20N3O4P. The third-order valence-corrected chi connectivity index (χ3v) is 5.05. The number of carbonyl (C=O) groups excluding carboxylic acids is 1. The van der Waals surface area contributed by atoms with Gasteiger partial charge in [-0.25, -0.2) is 4.79 Å². The van der Waals surface area contributed by atoms with Gasteiger partial charge in [0, 0.05) is 35.9 Å². The van der Waals surface area contributed by atoms with Gasteiger partial charge in [-0.15, -0.1) is 0 Å². The minimum Gasteiger partial charge on any atom is -0.452 e. The molecule has 3 aromatic rings. The summed E-state index contributed by atoms with van der Waals surface area (Å²) in [7, 11) is 4.00. The smallest absolute Gasteiger partial charge is 0.418 e. The van der Waals surface area contributed by atoms with Crippen LogP contribution < -0.4 is 4.67 Å². The number of nitrogens with zero attached hydrogens (tertiary/aromatic N) is 3. The van der Waals surface area contributed by atoms with E-state index in [9.17, 15) is 14.9 Å². The number of para-hydroxylation sites is 1. The lowest BCUT2D eigenvalue weighted by Crippen LogP contribution is -2.13. The fraction of sp³-hybridized carbons (Fsp3) is 0.211. The number of rotatable bonds is 5. The summed E-state index contributed by atoms with van der Waals surface area (Å²) < 4.78 is 8.38. The largest absolute Gasteiger partial charge is 0.452 e. The molecule has 0 aliphatic carbocycles. The predicted molar refractivity (Wildman–Crippen MR) is 108 cm³/mol. The molecule has 0 saturated heterocycles. The van der Waals surface area contributed by atoms with E-state index in [2.05, 4.69) is 9.39 Å². The second kappa shape index (κ2) is 7.76. The molecule has 0 bridgehead atoms. The Hall–Kier alpha value is -2.92. The molecule has 0 radical (unpaired) electrons. The lowest BCUT2D eigenvalue weighted by molar-refractivity contribution is -0.384. The van der Waals surface area contributed by atoms with Crippen LogP contribution in [0.5, 0.6) is 0 Å². The summed E-state index contributed by atoms with van der Waals surface area (Å²) in [5.41, 5.74) is 3.81. The second-order valence-electron chi connectivity index (χ2n) is 6.18. The number of hydrogen-bond donors (Lipinski definition) is 0. The summed E-state index contributed by atoms with van der Waals surface area (Å²) in [6.45, 7) is 2.63. The number of anilines is 1. The Bertz CT molecular complexity index is 998. The number of hydrogen-bond acceptors (Lipinski definition) is 5. The Labute approximate surface area is 158 Å². The van der Waals surface area contributed by atoms with E-state index in [1.54, 1.807) is 16.7 Å². The van der Waals surface area contributed by atoms with Crippen LogP contribution in [0, 0.1) is 17.0 Å². The molecule has 0 N–H and O–H groups in total. The Kier molecular flexibility index (Phi) is 5.42. The maximum Gasteiger partial charge on any atom is 0.418 e. The summed E-state index contributed by atoms with van der Waals surface area (Å²) in [6, 6.07) is 12.3. The molecule has 140 valence electrons. The van der Waals surface area contributed by atoms with Gasteiger partial charge in [-0.3, -0.25) is 14.7 Å². The zero-order valence-corrected chi connectivity index (χ0v) is 16.2. The van der Waals surface area contributed by atoms with E-state index in [1.165, 1.54) is 19.2 Å². The van der Waals surface area contributed by atoms with Gasteiger partial charge < -0.3 is 9.41 Å². The number of fused-ring (bicyclic) bond motifs is 1. The average Bonchev–Trinajstić information content (AvgIpc) is 3.05. The summed E-state index contributed by atoms with van der Waals surface area (Å²) in [6.07, 6.45) is 2.10. The van der Waals surface area contributed by atoms with Crippen LogP contribution in [-0.2, 0) is 11.2 Å². The Balaban J connectivity index is 1.83. The van der Waals surface area contributed by atoms with Gasteiger partial charge in [-0.2, -0.15) is 0 Å². The molecule has 7 nitrogen and oxygen atoms in total. The van der Waals surface area contributed by atoms with Crippen molar-refractivity contribution < 1.29 is 14.5 Å². The average molecular weight is 385 g/mol. The van der Waals surface area contributed by atoms with Crippen molar-refractivity contribution >= 4 is 37.8 Å². The van der Waals surface area contributed by atoms with E-state index in [4.69, 9.17) is 4.74 Å². The molecule has 1 unspecified atom stereocenters. The number of nitro benzene ring substituents is 1. The van der Waals surface area contributed by atoms with Gasteiger partial charge in [-0.05, 0) is 46.0 Å². The zero-order valence-electron chi connectivity index (χ0n) is 15.1. The number of carbonyl (C=O) groups is 1. The molecule has 1 heterocycles. The van der Waals surface area contributed by atoms with Crippen LogP contribution >= 0.6 is 9.39 Å². The molecule has 1 aromatic heterocycles. The normalized spacial score (nSPS) is 10.8. The van der Waals surface area contributed by atoms with E-state index in [0.29, 0.717) is 13.0 Å². The second-order valence-corrected chi connectivity index (χ2v) is 6.81. The molecule has 8 heteroatoms. The summed E-state index contributed by atoms with van der Waals surface area (Å²) in [4.78, 5) is 22.5. The van der Waals surface area contributed by atoms with Crippen LogP contribution in [0.2, 0.25) is 0 Å². The fourth-order valence-electron chi connectivity index (χ4n) is 3.11. The van der Waals surface area contributed by atoms with Crippen molar-refractivity contribution in [2.24, 2.45) is 0 Å². The lowest BCUT2D eigenvalue weighted by Gasteiger charge is -2.18. The van der Waals surface area contributed by atoms with Gasteiger partial charge in [0.1, 0.15) is 0 Å². The number of benzene rings is 2. The lowest BCUT2D eigenvalue weighted by atomic mass is 10.1. The molecule has 2 aromatic carbocycles. The van der Waals surface area contributed by atoms with E-state index in [0.717, 1.165) is 27.7 Å². The fourth-order valence-corrected chi connectivity index (χ4v) is 3.41. The quantitative estimate of drug-likeness (QED) is 0.372. The topological polar surface area (TPSA) is 77.6 Å². The first-order chi connectivity index (χ1) is 12.9. The van der Waals surface area contributed by atoms with Crippen LogP contribution in [0.3, 0.4) is 0 Å². The summed E-state index contributed by atoms with van der Waals surface area (Å²) in [5, 5.41) is 11.8. The van der Waals surface area contributed by atoms with Crippen molar-refractivity contribution in [2.45, 2.75) is 13.3 Å². The van der Waals surface area contributed by atoms with Crippen molar-refractivity contribution in [1.29, 1.82) is 0 Å². The van der Waals surface area contributed by atoms with E-state index in [1.807, 2.05) is 36.0 Å². The SMILES string of the molecule is COC(=O)n1cc(CCN(P)c2ccc([N+](=O)[O-])cc2)c2cccc(C)c21. The van der Waals surface area contributed by atoms with Gasteiger partial charge in [0.25, 0.3) is 5.69 Å². The first-order valence-electron chi connectivity index (χ1n) is 8.37. The van der Waals surface area contributed by atoms with Crippen LogP contribution in [-0.4, -0.2) is 29.2 Å². The minimum atomic E-state index is -0.418. The summed E-state index contributed by atoms with van der Waals surface area (Å²) in [5.74, 6) is 0. The number of ether oxygens (including phenoxy) is 1.